The van der Waals surface area contributed by atoms with E-state index < -0.39 is 0 Å². The second kappa shape index (κ2) is 6.79. The highest BCUT2D eigenvalue weighted by molar-refractivity contribution is 5.75. The van der Waals surface area contributed by atoms with E-state index in [0.29, 0.717) is 19.6 Å². The molecule has 2 N–H and O–H groups in total. The third-order valence-corrected chi connectivity index (χ3v) is 2.22. The fourth-order valence-electron chi connectivity index (χ4n) is 1.12. The molecule has 0 aliphatic heterocycles. The van der Waals surface area contributed by atoms with Crippen molar-refractivity contribution in [3.05, 3.63) is 0 Å². The van der Waals surface area contributed by atoms with Gasteiger partial charge in [0.2, 0.25) is 5.91 Å². The monoisotopic (exact) mass is 200 g/mol. The number of ether oxygens (including phenoxy) is 1. The van der Waals surface area contributed by atoms with Crippen LogP contribution in [-0.4, -0.2) is 39.3 Å². The summed E-state index contributed by atoms with van der Waals surface area (Å²) < 4.78 is 5.38. The molecule has 0 aromatic rings. The normalized spacial score (nSPS) is 15.5. The SMILES string of the molecule is CNCCC(=O)NCCOCC1CC1. The van der Waals surface area contributed by atoms with Crippen LogP contribution in [-0.2, 0) is 9.53 Å². The van der Waals surface area contributed by atoms with E-state index in [1.165, 1.54) is 12.8 Å². The summed E-state index contributed by atoms with van der Waals surface area (Å²) in [6.45, 7) is 2.87. The van der Waals surface area contributed by atoms with E-state index in [-0.39, 0.29) is 5.91 Å². The molecule has 0 bridgehead atoms. The van der Waals surface area contributed by atoms with Gasteiger partial charge in [-0.3, -0.25) is 4.79 Å². The van der Waals surface area contributed by atoms with Crippen LogP contribution >= 0.6 is 0 Å². The van der Waals surface area contributed by atoms with Crippen molar-refractivity contribution in [3.8, 4) is 0 Å². The van der Waals surface area contributed by atoms with E-state index in [9.17, 15) is 4.79 Å². The molecule has 4 heteroatoms. The van der Waals surface area contributed by atoms with E-state index in [4.69, 9.17) is 4.74 Å². The second-order valence-electron chi connectivity index (χ2n) is 3.72. The molecule has 0 radical (unpaired) electrons. The van der Waals surface area contributed by atoms with Gasteiger partial charge in [0.25, 0.3) is 0 Å². The minimum atomic E-state index is 0.0920. The van der Waals surface area contributed by atoms with Gasteiger partial charge < -0.3 is 15.4 Å². The number of nitrogens with one attached hydrogen (secondary N) is 2. The maximum Gasteiger partial charge on any atom is 0.221 e. The Labute approximate surface area is 85.4 Å². The van der Waals surface area contributed by atoms with Gasteiger partial charge in [-0.1, -0.05) is 0 Å². The fraction of sp³-hybridized carbons (Fsp3) is 0.900. The van der Waals surface area contributed by atoms with Crippen molar-refractivity contribution in [1.29, 1.82) is 0 Å². The van der Waals surface area contributed by atoms with Crippen LogP contribution in [0.4, 0.5) is 0 Å². The summed E-state index contributed by atoms with van der Waals surface area (Å²) in [4.78, 5) is 11.1. The van der Waals surface area contributed by atoms with E-state index >= 15 is 0 Å². The van der Waals surface area contributed by atoms with Crippen LogP contribution < -0.4 is 10.6 Å². The number of hydrogen-bond acceptors (Lipinski definition) is 3. The van der Waals surface area contributed by atoms with Crippen LogP contribution in [0.25, 0.3) is 0 Å². The average molecular weight is 200 g/mol. The lowest BCUT2D eigenvalue weighted by Gasteiger charge is -2.05. The van der Waals surface area contributed by atoms with Gasteiger partial charge in [0.15, 0.2) is 0 Å². The van der Waals surface area contributed by atoms with Gasteiger partial charge in [-0.05, 0) is 25.8 Å². The highest BCUT2D eigenvalue weighted by Crippen LogP contribution is 2.28. The first-order valence-corrected chi connectivity index (χ1v) is 5.32. The Hall–Kier alpha value is -0.610. The predicted molar refractivity (Wildman–Crippen MR) is 55.1 cm³/mol. The van der Waals surface area contributed by atoms with Crippen molar-refractivity contribution < 1.29 is 9.53 Å². The Morgan fingerprint density at radius 3 is 2.86 bits per heavy atom. The average Bonchev–Trinajstić information content (AvgIpc) is 2.98. The van der Waals surface area contributed by atoms with Crippen LogP contribution in [0.1, 0.15) is 19.3 Å². The number of rotatable bonds is 8. The largest absolute Gasteiger partial charge is 0.379 e. The Bertz CT molecular complexity index is 170. The molecular weight excluding hydrogens is 180 g/mol. The van der Waals surface area contributed by atoms with Gasteiger partial charge >= 0.3 is 0 Å². The van der Waals surface area contributed by atoms with E-state index in [1.807, 2.05) is 7.05 Å². The summed E-state index contributed by atoms with van der Waals surface area (Å²) in [7, 11) is 1.84. The maximum atomic E-state index is 11.1. The van der Waals surface area contributed by atoms with Crippen LogP contribution in [0.5, 0.6) is 0 Å². The molecule has 1 rings (SSSR count). The zero-order chi connectivity index (χ0) is 10.2. The summed E-state index contributed by atoms with van der Waals surface area (Å²) in [6, 6.07) is 0. The molecule has 0 aromatic carbocycles. The molecule has 0 unspecified atom stereocenters. The Kier molecular flexibility index (Phi) is 5.56. The van der Waals surface area contributed by atoms with Crippen LogP contribution in [0, 0.1) is 5.92 Å². The molecule has 1 fully saturated rings. The molecule has 1 amide bonds. The van der Waals surface area contributed by atoms with Gasteiger partial charge in [-0.2, -0.15) is 0 Å². The Morgan fingerprint density at radius 2 is 2.21 bits per heavy atom. The summed E-state index contributed by atoms with van der Waals surface area (Å²) in [5, 5.41) is 5.74. The topological polar surface area (TPSA) is 50.4 Å². The van der Waals surface area contributed by atoms with Crippen LogP contribution in [0.15, 0.2) is 0 Å². The van der Waals surface area contributed by atoms with Gasteiger partial charge in [0.05, 0.1) is 6.61 Å². The first kappa shape index (κ1) is 11.5. The molecule has 1 saturated carbocycles. The molecule has 1 aliphatic rings. The number of carbonyl (C=O) groups excluding carboxylic acids is 1. The van der Waals surface area contributed by atoms with Gasteiger partial charge in [0.1, 0.15) is 0 Å². The lowest BCUT2D eigenvalue weighted by molar-refractivity contribution is -0.121. The molecule has 82 valence electrons. The molecule has 0 atom stereocenters. The first-order valence-electron chi connectivity index (χ1n) is 5.32. The van der Waals surface area contributed by atoms with Crippen molar-refractivity contribution in [1.82, 2.24) is 10.6 Å². The summed E-state index contributed by atoms with van der Waals surface area (Å²) in [6.07, 6.45) is 3.17. The summed E-state index contributed by atoms with van der Waals surface area (Å²) in [5.41, 5.74) is 0. The molecule has 0 aromatic heterocycles. The van der Waals surface area contributed by atoms with Gasteiger partial charge in [-0.25, -0.2) is 0 Å². The quantitative estimate of drug-likeness (QED) is 0.548. The summed E-state index contributed by atoms with van der Waals surface area (Å²) >= 11 is 0. The van der Waals surface area contributed by atoms with E-state index in [1.54, 1.807) is 0 Å². The molecule has 0 heterocycles. The van der Waals surface area contributed by atoms with Crippen molar-refractivity contribution in [2.24, 2.45) is 5.92 Å². The third-order valence-electron chi connectivity index (χ3n) is 2.22. The molecule has 0 spiro atoms. The highest BCUT2D eigenvalue weighted by atomic mass is 16.5. The lowest BCUT2D eigenvalue weighted by Crippen LogP contribution is -2.29. The van der Waals surface area contributed by atoms with Crippen molar-refractivity contribution in [3.63, 3.8) is 0 Å². The van der Waals surface area contributed by atoms with Crippen LogP contribution in [0.3, 0.4) is 0 Å². The summed E-state index contributed by atoms with van der Waals surface area (Å²) in [5.74, 6) is 0.893. The lowest BCUT2D eigenvalue weighted by atomic mass is 10.4. The Balaban J connectivity index is 1.79. The van der Waals surface area contributed by atoms with E-state index in [2.05, 4.69) is 10.6 Å². The van der Waals surface area contributed by atoms with Crippen LogP contribution in [0.2, 0.25) is 0 Å². The second-order valence-corrected chi connectivity index (χ2v) is 3.72. The predicted octanol–water partition coefficient (Wildman–Crippen LogP) is 0.139. The molecule has 0 saturated heterocycles. The molecule has 1 aliphatic carbocycles. The zero-order valence-electron chi connectivity index (χ0n) is 8.84. The van der Waals surface area contributed by atoms with Gasteiger partial charge in [0, 0.05) is 26.1 Å². The van der Waals surface area contributed by atoms with Gasteiger partial charge in [-0.15, -0.1) is 0 Å². The number of carbonyl (C=O) groups is 1. The maximum absolute atomic E-state index is 11.1. The molecule has 4 nitrogen and oxygen atoms in total. The standard InChI is InChI=1S/C10H20N2O2/c1-11-5-4-10(13)12-6-7-14-8-9-2-3-9/h9,11H,2-8H2,1H3,(H,12,13). The fourth-order valence-corrected chi connectivity index (χ4v) is 1.12. The number of amides is 1. The van der Waals surface area contributed by atoms with E-state index in [0.717, 1.165) is 19.1 Å². The van der Waals surface area contributed by atoms with Crippen molar-refractivity contribution in [2.75, 3.05) is 33.4 Å². The first-order chi connectivity index (χ1) is 6.83. The smallest absolute Gasteiger partial charge is 0.221 e. The minimum absolute atomic E-state index is 0.0920. The highest BCUT2D eigenvalue weighted by Gasteiger charge is 2.20. The minimum Gasteiger partial charge on any atom is -0.379 e. The zero-order valence-corrected chi connectivity index (χ0v) is 8.84. The van der Waals surface area contributed by atoms with Crippen molar-refractivity contribution in [2.45, 2.75) is 19.3 Å². The van der Waals surface area contributed by atoms with Crippen molar-refractivity contribution >= 4 is 5.91 Å². The molecular formula is C10H20N2O2. The number of hydrogen-bond donors (Lipinski definition) is 2. The third kappa shape index (κ3) is 5.94. The molecule has 14 heavy (non-hydrogen) atoms. The Morgan fingerprint density at radius 1 is 1.43 bits per heavy atom.